The van der Waals surface area contributed by atoms with Gasteiger partial charge in [0.25, 0.3) is 0 Å². The highest BCUT2D eigenvalue weighted by molar-refractivity contribution is 8.05. The van der Waals surface area contributed by atoms with Gasteiger partial charge in [0.1, 0.15) is 0 Å². The number of carboxylic acids is 1. The molecule has 1 aliphatic heterocycles. The number of ether oxygens (including phenoxy) is 1. The molecule has 72 valence electrons. The predicted octanol–water partition coefficient (Wildman–Crippen LogP) is 1.02. The number of allylic oxidation sites excluding steroid dienone is 1. The van der Waals surface area contributed by atoms with Crippen LogP contribution in [0.4, 0.5) is 0 Å². The monoisotopic (exact) mass is 202 g/mol. The number of hydrogen-bond donors (Lipinski definition) is 1. The lowest BCUT2D eigenvalue weighted by Gasteiger charge is -2.19. The van der Waals surface area contributed by atoms with Crippen molar-refractivity contribution in [3.8, 4) is 0 Å². The van der Waals surface area contributed by atoms with Gasteiger partial charge in [-0.1, -0.05) is 6.08 Å². The minimum Gasteiger partial charge on any atom is -0.480 e. The second-order valence-electron chi connectivity index (χ2n) is 2.55. The summed E-state index contributed by atoms with van der Waals surface area (Å²) in [5.74, 6) is -1.81. The third kappa shape index (κ3) is 1.70. The SMILES string of the molecule is CCOC(=O)C1(C(=O)O)CC=CS1. The average Bonchev–Trinajstić information content (AvgIpc) is 2.53. The summed E-state index contributed by atoms with van der Waals surface area (Å²) in [4.78, 5) is 22.2. The van der Waals surface area contributed by atoms with Crippen LogP contribution in [0.3, 0.4) is 0 Å². The maximum absolute atomic E-state index is 11.3. The van der Waals surface area contributed by atoms with E-state index in [1.165, 1.54) is 0 Å². The quantitative estimate of drug-likeness (QED) is 0.547. The van der Waals surface area contributed by atoms with Gasteiger partial charge in [0.05, 0.1) is 6.61 Å². The van der Waals surface area contributed by atoms with Crippen LogP contribution in [-0.4, -0.2) is 28.4 Å². The summed E-state index contributed by atoms with van der Waals surface area (Å²) in [6, 6.07) is 0. The highest BCUT2D eigenvalue weighted by atomic mass is 32.2. The zero-order chi connectivity index (χ0) is 9.90. The normalized spacial score (nSPS) is 25.9. The minimum absolute atomic E-state index is 0.200. The van der Waals surface area contributed by atoms with Crippen molar-refractivity contribution >= 4 is 23.7 Å². The van der Waals surface area contributed by atoms with E-state index in [-0.39, 0.29) is 13.0 Å². The molecule has 1 N–H and O–H groups in total. The summed E-state index contributed by atoms with van der Waals surface area (Å²) in [6.45, 7) is 1.86. The third-order valence-electron chi connectivity index (χ3n) is 1.72. The molecule has 1 atom stereocenters. The van der Waals surface area contributed by atoms with E-state index in [1.54, 1.807) is 18.4 Å². The van der Waals surface area contributed by atoms with E-state index in [9.17, 15) is 9.59 Å². The van der Waals surface area contributed by atoms with E-state index in [1.807, 2.05) is 0 Å². The molecule has 0 aromatic rings. The van der Waals surface area contributed by atoms with Crippen molar-refractivity contribution in [2.24, 2.45) is 0 Å². The maximum Gasteiger partial charge on any atom is 0.334 e. The Morgan fingerprint density at radius 3 is 2.77 bits per heavy atom. The maximum atomic E-state index is 11.3. The molecule has 0 aliphatic carbocycles. The molecule has 0 spiro atoms. The van der Waals surface area contributed by atoms with Gasteiger partial charge < -0.3 is 9.84 Å². The van der Waals surface area contributed by atoms with Crippen molar-refractivity contribution < 1.29 is 19.4 Å². The van der Waals surface area contributed by atoms with Gasteiger partial charge in [0.2, 0.25) is 4.75 Å². The van der Waals surface area contributed by atoms with Crippen LogP contribution in [0.2, 0.25) is 0 Å². The van der Waals surface area contributed by atoms with Crippen molar-refractivity contribution in [3.63, 3.8) is 0 Å². The second-order valence-corrected chi connectivity index (χ2v) is 3.75. The van der Waals surface area contributed by atoms with Crippen LogP contribution in [0.25, 0.3) is 0 Å². The topological polar surface area (TPSA) is 63.6 Å². The van der Waals surface area contributed by atoms with Crippen LogP contribution in [-0.2, 0) is 14.3 Å². The van der Waals surface area contributed by atoms with E-state index >= 15 is 0 Å². The Hall–Kier alpha value is -0.970. The number of rotatable bonds is 3. The Morgan fingerprint density at radius 2 is 2.38 bits per heavy atom. The molecular formula is C8H10O4S. The summed E-state index contributed by atoms with van der Waals surface area (Å²) in [5, 5.41) is 10.5. The first-order valence-corrected chi connectivity index (χ1v) is 4.75. The lowest BCUT2D eigenvalue weighted by atomic mass is 10.1. The zero-order valence-corrected chi connectivity index (χ0v) is 7.97. The van der Waals surface area contributed by atoms with Crippen LogP contribution >= 0.6 is 11.8 Å². The molecule has 0 bridgehead atoms. The summed E-state index contributed by atoms with van der Waals surface area (Å²) >= 11 is 0.991. The molecule has 0 saturated carbocycles. The van der Waals surface area contributed by atoms with Crippen LogP contribution < -0.4 is 0 Å². The molecule has 0 aromatic heterocycles. The van der Waals surface area contributed by atoms with Gasteiger partial charge in [-0.25, -0.2) is 4.79 Å². The number of thioether (sulfide) groups is 1. The molecule has 13 heavy (non-hydrogen) atoms. The lowest BCUT2D eigenvalue weighted by molar-refractivity contribution is -0.155. The van der Waals surface area contributed by atoms with Crippen LogP contribution in [0.5, 0.6) is 0 Å². The van der Waals surface area contributed by atoms with Crippen molar-refractivity contribution in [2.45, 2.75) is 18.1 Å². The van der Waals surface area contributed by atoms with Crippen LogP contribution in [0, 0.1) is 0 Å². The molecule has 5 heteroatoms. The van der Waals surface area contributed by atoms with E-state index in [2.05, 4.69) is 0 Å². The molecule has 4 nitrogen and oxygen atoms in total. The van der Waals surface area contributed by atoms with Crippen molar-refractivity contribution in [1.29, 1.82) is 0 Å². The number of hydrogen-bond acceptors (Lipinski definition) is 4. The zero-order valence-electron chi connectivity index (χ0n) is 7.15. The summed E-state index contributed by atoms with van der Waals surface area (Å²) in [6.07, 6.45) is 1.86. The van der Waals surface area contributed by atoms with E-state index < -0.39 is 16.7 Å². The fourth-order valence-corrected chi connectivity index (χ4v) is 1.90. The van der Waals surface area contributed by atoms with E-state index in [0.29, 0.717) is 0 Å². The van der Waals surface area contributed by atoms with E-state index in [4.69, 9.17) is 9.84 Å². The molecule has 0 fully saturated rings. The summed E-state index contributed by atoms with van der Waals surface area (Å²) in [7, 11) is 0. The van der Waals surface area contributed by atoms with Gasteiger partial charge in [-0.15, -0.1) is 11.8 Å². The highest BCUT2D eigenvalue weighted by Crippen LogP contribution is 2.37. The Balaban J connectivity index is 2.80. The third-order valence-corrected chi connectivity index (χ3v) is 2.96. The van der Waals surface area contributed by atoms with Gasteiger partial charge in [-0.05, 0) is 12.3 Å². The van der Waals surface area contributed by atoms with Crippen LogP contribution in [0.1, 0.15) is 13.3 Å². The van der Waals surface area contributed by atoms with Gasteiger partial charge >= 0.3 is 11.9 Å². The Kier molecular flexibility index (Phi) is 2.98. The largest absolute Gasteiger partial charge is 0.480 e. The standard InChI is InChI=1S/C8H10O4S/c1-2-12-7(11)8(6(9)10)4-3-5-13-8/h3,5H,2,4H2,1H3,(H,9,10). The highest BCUT2D eigenvalue weighted by Gasteiger charge is 2.49. The number of carbonyl (C=O) groups is 2. The average molecular weight is 202 g/mol. The number of carboxylic acid groups (broad SMARTS) is 1. The minimum atomic E-state index is -1.43. The first kappa shape index (κ1) is 10.1. The molecule has 1 unspecified atom stereocenters. The molecule has 0 aromatic carbocycles. The fraction of sp³-hybridized carbons (Fsp3) is 0.500. The molecule has 1 aliphatic rings. The van der Waals surface area contributed by atoms with Gasteiger partial charge in [-0.3, -0.25) is 4.79 Å². The number of esters is 1. The number of aliphatic carboxylic acids is 1. The molecule has 0 saturated heterocycles. The Labute approximate surface area is 80.0 Å². The Bertz CT molecular complexity index is 251. The summed E-state index contributed by atoms with van der Waals surface area (Å²) < 4.78 is 3.28. The molecule has 1 heterocycles. The first-order valence-electron chi connectivity index (χ1n) is 3.87. The fourth-order valence-electron chi connectivity index (χ4n) is 1.03. The molecule has 0 amide bonds. The van der Waals surface area contributed by atoms with Crippen molar-refractivity contribution in [1.82, 2.24) is 0 Å². The van der Waals surface area contributed by atoms with Crippen LogP contribution in [0.15, 0.2) is 11.5 Å². The van der Waals surface area contributed by atoms with E-state index in [0.717, 1.165) is 11.8 Å². The predicted molar refractivity (Wildman–Crippen MR) is 48.3 cm³/mol. The second kappa shape index (κ2) is 3.83. The van der Waals surface area contributed by atoms with Gasteiger partial charge in [-0.2, -0.15) is 0 Å². The van der Waals surface area contributed by atoms with Crippen molar-refractivity contribution in [2.75, 3.05) is 6.61 Å². The Morgan fingerprint density at radius 1 is 1.69 bits per heavy atom. The van der Waals surface area contributed by atoms with Crippen molar-refractivity contribution in [3.05, 3.63) is 11.5 Å². The summed E-state index contributed by atoms with van der Waals surface area (Å²) in [5.41, 5.74) is 0. The first-order chi connectivity index (χ1) is 6.13. The lowest BCUT2D eigenvalue weighted by Crippen LogP contribution is -2.42. The number of carbonyl (C=O) groups excluding carboxylic acids is 1. The molecule has 0 radical (unpaired) electrons. The molecule has 1 rings (SSSR count). The van der Waals surface area contributed by atoms with Gasteiger partial charge in [0, 0.05) is 6.42 Å². The van der Waals surface area contributed by atoms with Gasteiger partial charge in [0.15, 0.2) is 0 Å². The smallest absolute Gasteiger partial charge is 0.334 e. The molecular weight excluding hydrogens is 192 g/mol.